The van der Waals surface area contributed by atoms with Crippen LogP contribution < -0.4 is 5.73 Å². The molecular weight excluding hydrogens is 264 g/mol. The first-order chi connectivity index (χ1) is 9.47. The van der Waals surface area contributed by atoms with Crippen LogP contribution in [0.5, 0.6) is 0 Å². The fourth-order valence-corrected chi connectivity index (χ4v) is 1.09. The summed E-state index contributed by atoms with van der Waals surface area (Å²) >= 11 is 0. The first-order valence-electron chi connectivity index (χ1n) is 6.32. The fourth-order valence-electron chi connectivity index (χ4n) is 1.09. The number of nitrogens with two attached hydrogens (primary N) is 1. The molecule has 0 spiro atoms. The molecule has 0 heterocycles. The molecule has 5 heteroatoms. The molecule has 0 fully saturated rings. The van der Waals surface area contributed by atoms with E-state index < -0.39 is 11.6 Å². The Balaban J connectivity index is 0. The number of allylic oxidation sites excluding steroid dienone is 1. The minimum absolute atomic E-state index is 0.137. The van der Waals surface area contributed by atoms with Crippen molar-refractivity contribution in [1.29, 1.82) is 0 Å². The third-order valence-corrected chi connectivity index (χ3v) is 1.94. The van der Waals surface area contributed by atoms with Gasteiger partial charge in [0.25, 0.3) is 0 Å². The van der Waals surface area contributed by atoms with Gasteiger partial charge in [-0.05, 0) is 25.1 Å². The van der Waals surface area contributed by atoms with Crippen molar-refractivity contribution < 1.29 is 18.4 Å². The molecule has 0 bridgehead atoms. The molecule has 0 amide bonds. The highest BCUT2D eigenvalue weighted by molar-refractivity contribution is 5.98. The van der Waals surface area contributed by atoms with E-state index >= 15 is 0 Å². The Kier molecular flexibility index (Phi) is 12.2. The van der Waals surface area contributed by atoms with E-state index in [1.54, 1.807) is 6.92 Å². The van der Waals surface area contributed by atoms with Gasteiger partial charge in [0, 0.05) is 12.0 Å². The Labute approximate surface area is 118 Å². The van der Waals surface area contributed by atoms with E-state index in [4.69, 9.17) is 10.5 Å². The van der Waals surface area contributed by atoms with E-state index in [0.717, 1.165) is 24.5 Å². The second-order valence-electron chi connectivity index (χ2n) is 3.25. The Morgan fingerprint density at radius 3 is 2.00 bits per heavy atom. The van der Waals surface area contributed by atoms with Crippen LogP contribution >= 0.6 is 0 Å². The summed E-state index contributed by atoms with van der Waals surface area (Å²) in [6.45, 7) is 7.07. The van der Waals surface area contributed by atoms with Gasteiger partial charge in [0.1, 0.15) is 17.9 Å². The van der Waals surface area contributed by atoms with Crippen molar-refractivity contribution in [2.45, 2.75) is 34.1 Å². The molecule has 0 saturated carbocycles. The summed E-state index contributed by atoms with van der Waals surface area (Å²) in [6.07, 6.45) is 1.98. The largest absolute Gasteiger partial charge is 0.396 e. The van der Waals surface area contributed by atoms with Crippen molar-refractivity contribution in [3.63, 3.8) is 0 Å². The molecule has 0 aliphatic rings. The van der Waals surface area contributed by atoms with E-state index in [1.807, 2.05) is 13.8 Å². The van der Waals surface area contributed by atoms with Crippen molar-refractivity contribution in [3.8, 4) is 0 Å². The first-order valence-corrected chi connectivity index (χ1v) is 6.32. The highest BCUT2D eigenvalue weighted by Gasteiger charge is 2.08. The lowest BCUT2D eigenvalue weighted by molar-refractivity contribution is -0.115. The minimum atomic E-state index is -0.734. The van der Waals surface area contributed by atoms with E-state index in [-0.39, 0.29) is 23.5 Å². The number of hydrogen-bond donors (Lipinski definition) is 1. The van der Waals surface area contributed by atoms with E-state index in [2.05, 4.69) is 0 Å². The highest BCUT2D eigenvalue weighted by Crippen LogP contribution is 2.15. The third kappa shape index (κ3) is 7.41. The van der Waals surface area contributed by atoms with E-state index in [0.29, 0.717) is 0 Å². The molecule has 0 atom stereocenters. The number of carbonyl (C=O) groups is 2. The minimum Gasteiger partial charge on any atom is -0.396 e. The lowest BCUT2D eigenvalue weighted by Gasteiger charge is -2.01. The molecule has 0 unspecified atom stereocenters. The molecule has 2 N–H and O–H groups in total. The van der Waals surface area contributed by atoms with Crippen molar-refractivity contribution in [1.82, 2.24) is 0 Å². The summed E-state index contributed by atoms with van der Waals surface area (Å²) in [5.74, 6) is -1.80. The van der Waals surface area contributed by atoms with E-state index in [9.17, 15) is 13.6 Å². The average molecular weight is 285 g/mol. The van der Waals surface area contributed by atoms with Gasteiger partial charge in [0.2, 0.25) is 0 Å². The van der Waals surface area contributed by atoms with Crippen molar-refractivity contribution in [3.05, 3.63) is 41.1 Å². The molecule has 20 heavy (non-hydrogen) atoms. The zero-order valence-electron chi connectivity index (χ0n) is 12.2. The normalized spacial score (nSPS) is 9.60. The van der Waals surface area contributed by atoms with Gasteiger partial charge >= 0.3 is 0 Å². The van der Waals surface area contributed by atoms with Crippen LogP contribution in [0.2, 0.25) is 0 Å². The predicted molar refractivity (Wildman–Crippen MR) is 76.9 cm³/mol. The van der Waals surface area contributed by atoms with Gasteiger partial charge in [-0.2, -0.15) is 0 Å². The standard InChI is InChI=1S/C11H11F2NO.C2H4O.C2H6/c1-2-11(15)10(14)6-7-8(12)4-3-5-9(7)13;1-2-3;1-2/h3-6H,2,14H2,1H3;2H,1H3;1-2H3/b10-6-;;. The Morgan fingerprint density at radius 1 is 1.25 bits per heavy atom. The predicted octanol–water partition coefficient (Wildman–Crippen LogP) is 3.47. The van der Waals surface area contributed by atoms with Crippen molar-refractivity contribution in [2.75, 3.05) is 0 Å². The molecule has 3 nitrogen and oxygen atoms in total. The first kappa shape index (κ1) is 20.3. The molecule has 0 aromatic heterocycles. The zero-order chi connectivity index (χ0) is 16.1. The smallest absolute Gasteiger partial charge is 0.178 e. The quantitative estimate of drug-likeness (QED) is 0.683. The molecule has 0 aliphatic carbocycles. The van der Waals surface area contributed by atoms with Gasteiger partial charge in [0.15, 0.2) is 5.78 Å². The van der Waals surface area contributed by atoms with Gasteiger partial charge in [-0.3, -0.25) is 4.79 Å². The summed E-state index contributed by atoms with van der Waals surface area (Å²) in [7, 11) is 0. The lowest BCUT2D eigenvalue weighted by atomic mass is 10.1. The van der Waals surface area contributed by atoms with Gasteiger partial charge in [0.05, 0.1) is 5.70 Å². The number of Topliss-reactive ketones (excluding diaryl/α,β-unsaturated/α-hetero) is 1. The van der Waals surface area contributed by atoms with Crippen LogP contribution in [0.1, 0.15) is 39.7 Å². The molecular formula is C15H21F2NO2. The maximum atomic E-state index is 13.1. The molecule has 0 aliphatic heterocycles. The second-order valence-corrected chi connectivity index (χ2v) is 3.25. The molecule has 0 radical (unpaired) electrons. The topological polar surface area (TPSA) is 60.2 Å². The number of halogens is 2. The fraction of sp³-hybridized carbons (Fsp3) is 0.333. The maximum Gasteiger partial charge on any atom is 0.178 e. The van der Waals surface area contributed by atoms with Gasteiger partial charge in [-0.15, -0.1) is 0 Å². The molecule has 1 aromatic carbocycles. The molecule has 1 rings (SSSR count). The van der Waals surface area contributed by atoms with Crippen LogP contribution in [0.3, 0.4) is 0 Å². The number of aldehydes is 1. The van der Waals surface area contributed by atoms with Crippen molar-refractivity contribution >= 4 is 18.1 Å². The van der Waals surface area contributed by atoms with Gasteiger partial charge in [-0.25, -0.2) is 8.78 Å². The highest BCUT2D eigenvalue weighted by atomic mass is 19.1. The summed E-state index contributed by atoms with van der Waals surface area (Å²) in [5, 5.41) is 0. The number of hydrogen-bond acceptors (Lipinski definition) is 3. The SMILES string of the molecule is CC.CC=O.CCC(=O)/C(N)=C/c1c(F)cccc1F. The average Bonchev–Trinajstić information content (AvgIpc) is 2.45. The van der Waals surface area contributed by atoms with Crippen molar-refractivity contribution in [2.24, 2.45) is 5.73 Å². The lowest BCUT2D eigenvalue weighted by Crippen LogP contribution is -2.10. The van der Waals surface area contributed by atoms with Crippen LogP contribution in [-0.4, -0.2) is 12.1 Å². The Morgan fingerprint density at radius 2 is 1.65 bits per heavy atom. The second kappa shape index (κ2) is 12.0. The van der Waals surface area contributed by atoms with Crippen LogP contribution in [0.15, 0.2) is 23.9 Å². The number of ketones is 1. The van der Waals surface area contributed by atoms with Crippen LogP contribution in [0.4, 0.5) is 8.78 Å². The molecule has 0 saturated heterocycles. The Hall–Kier alpha value is -2.04. The van der Waals surface area contributed by atoms with Crippen LogP contribution in [0, 0.1) is 11.6 Å². The molecule has 1 aromatic rings. The maximum absolute atomic E-state index is 13.1. The number of rotatable bonds is 3. The third-order valence-electron chi connectivity index (χ3n) is 1.94. The van der Waals surface area contributed by atoms with Crippen LogP contribution in [0.25, 0.3) is 6.08 Å². The van der Waals surface area contributed by atoms with Crippen LogP contribution in [-0.2, 0) is 9.59 Å². The zero-order valence-corrected chi connectivity index (χ0v) is 12.2. The Bertz CT molecular complexity index is 437. The number of carbonyl (C=O) groups excluding carboxylic acids is 2. The summed E-state index contributed by atoms with van der Waals surface area (Å²) < 4.78 is 26.3. The molecule has 112 valence electrons. The van der Waals surface area contributed by atoms with Gasteiger partial charge < -0.3 is 10.5 Å². The summed E-state index contributed by atoms with van der Waals surface area (Å²) in [4.78, 5) is 19.9. The monoisotopic (exact) mass is 285 g/mol. The van der Waals surface area contributed by atoms with E-state index in [1.165, 1.54) is 13.0 Å². The number of benzene rings is 1. The summed E-state index contributed by atoms with van der Waals surface area (Å²) in [6, 6.07) is 3.47. The summed E-state index contributed by atoms with van der Waals surface area (Å²) in [5.41, 5.74) is 4.96. The van der Waals surface area contributed by atoms with Gasteiger partial charge in [-0.1, -0.05) is 26.8 Å².